The number of halogens is 1. The summed E-state index contributed by atoms with van der Waals surface area (Å²) in [5, 5.41) is 15.4. The van der Waals surface area contributed by atoms with E-state index in [0.717, 1.165) is 12.0 Å². The quantitative estimate of drug-likeness (QED) is 0.306. The Bertz CT molecular complexity index is 266. The first-order valence-corrected chi connectivity index (χ1v) is 4.23. The molecule has 2 unspecified atom stereocenters. The van der Waals surface area contributed by atoms with Crippen molar-refractivity contribution >= 4 is 18.0 Å². The first-order valence-electron chi connectivity index (χ1n) is 3.79. The summed E-state index contributed by atoms with van der Waals surface area (Å²) in [7, 11) is 0. The summed E-state index contributed by atoms with van der Waals surface area (Å²) in [6.45, 7) is 0. The Morgan fingerprint density at radius 2 is 2.00 bits per heavy atom. The fraction of sp³-hybridized carbons (Fsp3) is 0.222. The molecule has 2 N–H and O–H groups in total. The minimum atomic E-state index is -1.37. The van der Waals surface area contributed by atoms with Crippen molar-refractivity contribution < 1.29 is 15.3 Å². The highest BCUT2D eigenvalue weighted by Crippen LogP contribution is 2.22. The molecular weight excluding hydrogens is 190 g/mol. The number of rotatable bonds is 4. The Morgan fingerprint density at radius 3 is 2.54 bits per heavy atom. The highest BCUT2D eigenvalue weighted by molar-refractivity contribution is 6.21. The number of ether oxygens (including phenoxy) is 1. The van der Waals surface area contributed by atoms with E-state index in [9.17, 15) is 5.11 Å². The monoisotopic (exact) mass is 199 g/mol. The average molecular weight is 200 g/mol. The van der Waals surface area contributed by atoms with Gasteiger partial charge in [0.15, 0.2) is 0 Å². The summed E-state index contributed by atoms with van der Waals surface area (Å²) in [5.41, 5.74) is 0.728. The Kier molecular flexibility index (Phi) is 3.73. The van der Waals surface area contributed by atoms with Crippen LogP contribution in [0, 0.1) is 0 Å². The molecule has 0 fully saturated rings. The van der Waals surface area contributed by atoms with Gasteiger partial charge < -0.3 is 9.84 Å². The van der Waals surface area contributed by atoms with Crippen LogP contribution in [0.4, 0.5) is 0 Å². The third-order valence-corrected chi connectivity index (χ3v) is 2.03. The van der Waals surface area contributed by atoms with E-state index >= 15 is 0 Å². The molecule has 1 aromatic carbocycles. The molecular formula is C9H10ClNO2. The van der Waals surface area contributed by atoms with E-state index in [1.54, 1.807) is 12.1 Å². The van der Waals surface area contributed by atoms with E-state index in [1.165, 1.54) is 0 Å². The molecule has 0 aromatic heterocycles. The van der Waals surface area contributed by atoms with Crippen LogP contribution in [0.5, 0.6) is 0 Å². The third kappa shape index (κ3) is 2.72. The van der Waals surface area contributed by atoms with E-state index in [1.807, 2.05) is 18.2 Å². The van der Waals surface area contributed by atoms with Gasteiger partial charge in [-0.25, -0.2) is 5.41 Å². The van der Waals surface area contributed by atoms with Crippen molar-refractivity contribution in [1.82, 2.24) is 0 Å². The van der Waals surface area contributed by atoms with Crippen molar-refractivity contribution in [1.29, 1.82) is 0 Å². The molecule has 13 heavy (non-hydrogen) atoms. The van der Waals surface area contributed by atoms with Crippen LogP contribution in [-0.4, -0.2) is 12.7 Å². The van der Waals surface area contributed by atoms with E-state index < -0.39 is 11.7 Å². The molecule has 0 aliphatic carbocycles. The predicted molar refractivity (Wildman–Crippen MR) is 47.9 cm³/mol. The molecule has 0 saturated carbocycles. The second-order valence-corrected chi connectivity index (χ2v) is 2.92. The Balaban J connectivity index is 2.67. The molecule has 0 amide bonds. The van der Waals surface area contributed by atoms with Crippen LogP contribution < -0.4 is 10.5 Å². The zero-order chi connectivity index (χ0) is 9.68. The first-order chi connectivity index (χ1) is 6.25. The van der Waals surface area contributed by atoms with Crippen LogP contribution in [-0.2, 0) is 4.74 Å². The Labute approximate surface area is 81.4 Å². The maximum absolute atomic E-state index is 11.2. The van der Waals surface area contributed by atoms with Gasteiger partial charge in [-0.3, -0.25) is 0 Å². The predicted octanol–water partition coefficient (Wildman–Crippen LogP) is -0.543. The lowest BCUT2D eigenvalue weighted by molar-refractivity contribution is -0.479. The molecule has 1 rings (SSSR count). The maximum Gasteiger partial charge on any atom is 0.319 e. The van der Waals surface area contributed by atoms with Gasteiger partial charge in [-0.2, -0.15) is 0 Å². The van der Waals surface area contributed by atoms with Gasteiger partial charge in [0.05, 0.1) is 11.7 Å². The zero-order valence-corrected chi connectivity index (χ0v) is 7.65. The molecule has 0 spiro atoms. The van der Waals surface area contributed by atoms with Gasteiger partial charge in [0.2, 0.25) is 0 Å². The second-order valence-electron chi connectivity index (χ2n) is 2.45. The van der Waals surface area contributed by atoms with Crippen LogP contribution in [0.3, 0.4) is 0 Å². The third-order valence-electron chi connectivity index (χ3n) is 1.57. The van der Waals surface area contributed by atoms with Gasteiger partial charge in [0.1, 0.15) is 0 Å². The smallest absolute Gasteiger partial charge is 0.319 e. The lowest BCUT2D eigenvalue weighted by Crippen LogP contribution is -2.39. The summed E-state index contributed by atoms with van der Waals surface area (Å²) < 4.78 is 4.52. The van der Waals surface area contributed by atoms with Crippen LogP contribution in [0.15, 0.2) is 30.3 Å². The van der Waals surface area contributed by atoms with Gasteiger partial charge in [-0.05, 0) is 5.56 Å². The van der Waals surface area contributed by atoms with E-state index in [0.29, 0.717) is 0 Å². The Morgan fingerprint density at radius 1 is 1.38 bits per heavy atom. The average Bonchev–Trinajstić information content (AvgIpc) is 2.18. The van der Waals surface area contributed by atoms with Crippen molar-refractivity contribution in [3.05, 3.63) is 35.9 Å². The summed E-state index contributed by atoms with van der Waals surface area (Å²) in [5.74, 6) is 0. The normalized spacial score (nSPS) is 14.6. The standard InChI is InChI=1S/C9H9ClNO2/c10-8(9(12)13-6-11)7-4-2-1-3-5-7/h1-6,8-9,11H/q-1/p+1. The molecule has 0 saturated heterocycles. The summed E-state index contributed by atoms with van der Waals surface area (Å²) in [6, 6.07) is 9.00. The number of benzene rings is 1. The highest BCUT2D eigenvalue weighted by atomic mass is 35.5. The number of alkyl halides is 1. The van der Waals surface area contributed by atoms with E-state index in [4.69, 9.17) is 17.0 Å². The van der Waals surface area contributed by atoms with Gasteiger partial charge in [0.25, 0.3) is 0 Å². The summed E-state index contributed by atoms with van der Waals surface area (Å²) >= 11 is 5.82. The molecule has 2 atom stereocenters. The largest absolute Gasteiger partial charge is 0.820 e. The van der Waals surface area contributed by atoms with Crippen LogP contribution in [0.2, 0.25) is 0 Å². The minimum Gasteiger partial charge on any atom is -0.820 e. The SMILES string of the molecule is [NH2+]=COC([O-])C(Cl)c1ccccc1. The lowest BCUT2D eigenvalue weighted by Gasteiger charge is -2.24. The highest BCUT2D eigenvalue weighted by Gasteiger charge is 2.11. The Hall–Kier alpha value is -1.06. The van der Waals surface area contributed by atoms with Gasteiger partial charge in [0, 0.05) is 0 Å². The minimum absolute atomic E-state index is 0.721. The van der Waals surface area contributed by atoms with Crippen molar-refractivity contribution in [2.45, 2.75) is 11.7 Å². The van der Waals surface area contributed by atoms with Gasteiger partial charge >= 0.3 is 6.40 Å². The molecule has 3 nitrogen and oxygen atoms in total. The summed E-state index contributed by atoms with van der Waals surface area (Å²) in [4.78, 5) is 0. The number of nitrogens with two attached hydrogens (primary N) is 1. The fourth-order valence-corrected chi connectivity index (χ4v) is 1.15. The molecule has 1 aromatic rings. The molecule has 4 heteroatoms. The second kappa shape index (κ2) is 4.84. The maximum atomic E-state index is 11.2. The topological polar surface area (TPSA) is 57.9 Å². The molecule has 0 aliphatic rings. The van der Waals surface area contributed by atoms with Crippen molar-refractivity contribution in [2.24, 2.45) is 0 Å². The van der Waals surface area contributed by atoms with Crippen LogP contribution >= 0.6 is 11.6 Å². The van der Waals surface area contributed by atoms with E-state index in [2.05, 4.69) is 4.74 Å². The van der Waals surface area contributed by atoms with Gasteiger partial charge in [-0.15, -0.1) is 11.6 Å². The lowest BCUT2D eigenvalue weighted by atomic mass is 10.1. The number of hydrogen-bond acceptors (Lipinski definition) is 2. The molecule has 70 valence electrons. The summed E-state index contributed by atoms with van der Waals surface area (Å²) in [6.07, 6.45) is -0.509. The van der Waals surface area contributed by atoms with Gasteiger partial charge in [-0.1, -0.05) is 30.3 Å². The first kappa shape index (κ1) is 10.0. The van der Waals surface area contributed by atoms with Crippen molar-refractivity contribution in [2.75, 3.05) is 0 Å². The van der Waals surface area contributed by atoms with Crippen molar-refractivity contribution in [3.8, 4) is 0 Å². The molecule has 0 radical (unpaired) electrons. The molecule has 0 heterocycles. The van der Waals surface area contributed by atoms with Crippen molar-refractivity contribution in [3.63, 3.8) is 0 Å². The van der Waals surface area contributed by atoms with Crippen LogP contribution in [0.25, 0.3) is 0 Å². The van der Waals surface area contributed by atoms with E-state index in [-0.39, 0.29) is 0 Å². The zero-order valence-electron chi connectivity index (χ0n) is 6.89. The molecule has 0 bridgehead atoms. The van der Waals surface area contributed by atoms with Crippen LogP contribution in [0.1, 0.15) is 10.9 Å². The molecule has 0 aliphatic heterocycles. The fourth-order valence-electron chi connectivity index (χ4n) is 0.940. The number of hydrogen-bond donors (Lipinski definition) is 1.